The number of nitrogens with one attached hydrogen (secondary N) is 1. The Kier molecular flexibility index (Phi) is 7.79. The molecule has 1 amide bonds. The summed E-state index contributed by atoms with van der Waals surface area (Å²) in [6.45, 7) is -3.77. The molecule has 0 aliphatic heterocycles. The first kappa shape index (κ1) is 24.6. The SMILES string of the molecule is CN(c1ccccc1)S(=O)(=O)c1ccc(C(=O)OCC(=O)Nc2ccccc2OC(F)F)cc1. The Morgan fingerprint density at radius 3 is 2.21 bits per heavy atom. The van der Waals surface area contributed by atoms with Gasteiger partial charge >= 0.3 is 12.6 Å². The summed E-state index contributed by atoms with van der Waals surface area (Å²) >= 11 is 0. The number of alkyl halides is 2. The predicted octanol–water partition coefficient (Wildman–Crippen LogP) is 3.91. The van der Waals surface area contributed by atoms with Crippen LogP contribution in [0.4, 0.5) is 20.2 Å². The zero-order chi connectivity index (χ0) is 24.7. The Morgan fingerprint density at radius 2 is 1.56 bits per heavy atom. The average Bonchev–Trinajstić information content (AvgIpc) is 2.83. The van der Waals surface area contributed by atoms with E-state index in [4.69, 9.17) is 4.74 Å². The van der Waals surface area contributed by atoms with Crippen LogP contribution in [-0.2, 0) is 19.6 Å². The van der Waals surface area contributed by atoms with Crippen molar-refractivity contribution in [3.8, 4) is 5.75 Å². The average molecular weight is 490 g/mol. The molecular weight excluding hydrogens is 470 g/mol. The van der Waals surface area contributed by atoms with Crippen LogP contribution in [0.25, 0.3) is 0 Å². The quantitative estimate of drug-likeness (QED) is 0.457. The summed E-state index contributed by atoms with van der Waals surface area (Å²) in [5, 5.41) is 2.32. The number of carbonyl (C=O) groups excluding carboxylic acids is 2. The highest BCUT2D eigenvalue weighted by Crippen LogP contribution is 2.25. The molecule has 0 aliphatic rings. The molecule has 0 aromatic heterocycles. The summed E-state index contributed by atoms with van der Waals surface area (Å²) in [7, 11) is -2.44. The summed E-state index contributed by atoms with van der Waals surface area (Å²) < 4.78 is 60.9. The van der Waals surface area contributed by atoms with E-state index in [1.54, 1.807) is 30.3 Å². The fourth-order valence-corrected chi connectivity index (χ4v) is 4.06. The molecule has 0 heterocycles. The van der Waals surface area contributed by atoms with Gasteiger partial charge in [-0.3, -0.25) is 9.10 Å². The Hall–Kier alpha value is -3.99. The van der Waals surface area contributed by atoms with Gasteiger partial charge in [0.15, 0.2) is 6.61 Å². The highest BCUT2D eigenvalue weighted by atomic mass is 32.2. The molecule has 0 saturated heterocycles. The van der Waals surface area contributed by atoms with Gasteiger partial charge in [-0.1, -0.05) is 30.3 Å². The van der Waals surface area contributed by atoms with Gasteiger partial charge in [-0.2, -0.15) is 8.78 Å². The van der Waals surface area contributed by atoms with Gasteiger partial charge in [0.2, 0.25) is 0 Å². The smallest absolute Gasteiger partial charge is 0.387 e. The highest BCUT2D eigenvalue weighted by molar-refractivity contribution is 7.92. The molecule has 0 unspecified atom stereocenters. The van der Waals surface area contributed by atoms with Crippen LogP contribution in [0.15, 0.2) is 83.8 Å². The number of ether oxygens (including phenoxy) is 2. The molecule has 0 saturated carbocycles. The maximum absolute atomic E-state index is 12.8. The Morgan fingerprint density at radius 1 is 0.941 bits per heavy atom. The van der Waals surface area contributed by atoms with Gasteiger partial charge in [0.05, 0.1) is 21.8 Å². The molecule has 34 heavy (non-hydrogen) atoms. The zero-order valence-electron chi connectivity index (χ0n) is 17.9. The summed E-state index contributed by atoms with van der Waals surface area (Å²) in [5.74, 6) is -1.88. The number of halogens is 2. The van der Waals surface area contributed by atoms with Crippen molar-refractivity contribution in [2.75, 3.05) is 23.3 Å². The number of nitrogens with zero attached hydrogens (tertiary/aromatic N) is 1. The van der Waals surface area contributed by atoms with Crippen molar-refractivity contribution in [1.29, 1.82) is 0 Å². The molecule has 0 fully saturated rings. The third-order valence-electron chi connectivity index (χ3n) is 4.58. The van der Waals surface area contributed by atoms with Crippen LogP contribution in [0, 0.1) is 0 Å². The number of benzene rings is 3. The van der Waals surface area contributed by atoms with E-state index in [1.165, 1.54) is 55.6 Å². The van der Waals surface area contributed by atoms with Crippen LogP contribution in [0.5, 0.6) is 5.75 Å². The van der Waals surface area contributed by atoms with Crippen LogP contribution >= 0.6 is 0 Å². The number of esters is 1. The minimum absolute atomic E-state index is 0.0130. The number of carbonyl (C=O) groups is 2. The van der Waals surface area contributed by atoms with Crippen molar-refractivity contribution >= 4 is 33.3 Å². The number of amides is 1. The maximum Gasteiger partial charge on any atom is 0.387 e. The first-order chi connectivity index (χ1) is 16.2. The molecule has 3 aromatic rings. The lowest BCUT2D eigenvalue weighted by Gasteiger charge is -2.19. The first-order valence-electron chi connectivity index (χ1n) is 9.83. The highest BCUT2D eigenvalue weighted by Gasteiger charge is 2.22. The lowest BCUT2D eigenvalue weighted by Crippen LogP contribution is -2.26. The lowest BCUT2D eigenvalue weighted by atomic mass is 10.2. The van der Waals surface area contributed by atoms with Crippen molar-refractivity contribution < 1.29 is 36.3 Å². The molecule has 0 bridgehead atoms. The minimum Gasteiger partial charge on any atom is -0.452 e. The summed E-state index contributed by atoms with van der Waals surface area (Å²) in [6, 6.07) is 19.1. The van der Waals surface area contributed by atoms with Crippen LogP contribution in [0.1, 0.15) is 10.4 Å². The van der Waals surface area contributed by atoms with Gasteiger partial charge in [-0.05, 0) is 48.5 Å². The van der Waals surface area contributed by atoms with E-state index in [2.05, 4.69) is 10.1 Å². The second-order valence-corrected chi connectivity index (χ2v) is 8.80. The van der Waals surface area contributed by atoms with Crippen molar-refractivity contribution in [3.63, 3.8) is 0 Å². The minimum atomic E-state index is -3.86. The zero-order valence-corrected chi connectivity index (χ0v) is 18.7. The number of para-hydroxylation sites is 3. The van der Waals surface area contributed by atoms with Gasteiger partial charge in [-0.15, -0.1) is 0 Å². The fourth-order valence-electron chi connectivity index (χ4n) is 2.87. The van der Waals surface area contributed by atoms with E-state index in [9.17, 15) is 26.8 Å². The molecule has 178 valence electrons. The van der Waals surface area contributed by atoms with E-state index < -0.39 is 35.1 Å². The lowest BCUT2D eigenvalue weighted by molar-refractivity contribution is -0.119. The van der Waals surface area contributed by atoms with Gasteiger partial charge in [0.1, 0.15) is 5.75 Å². The topological polar surface area (TPSA) is 102 Å². The van der Waals surface area contributed by atoms with Crippen LogP contribution in [0.2, 0.25) is 0 Å². The van der Waals surface area contributed by atoms with E-state index in [0.717, 1.165) is 4.31 Å². The van der Waals surface area contributed by atoms with Crippen LogP contribution in [-0.4, -0.2) is 40.6 Å². The molecule has 3 aromatic carbocycles. The third-order valence-corrected chi connectivity index (χ3v) is 6.38. The molecule has 8 nitrogen and oxygen atoms in total. The van der Waals surface area contributed by atoms with Gasteiger partial charge in [0.25, 0.3) is 15.9 Å². The number of anilines is 2. The normalized spacial score (nSPS) is 11.1. The van der Waals surface area contributed by atoms with Gasteiger partial charge in [0, 0.05) is 7.05 Å². The van der Waals surface area contributed by atoms with Gasteiger partial charge in [-0.25, -0.2) is 13.2 Å². The second kappa shape index (κ2) is 10.8. The largest absolute Gasteiger partial charge is 0.452 e. The molecule has 0 aliphatic carbocycles. The Bertz CT molecular complexity index is 1250. The van der Waals surface area contributed by atoms with Crippen LogP contribution in [0.3, 0.4) is 0 Å². The predicted molar refractivity (Wildman–Crippen MR) is 120 cm³/mol. The Balaban J connectivity index is 1.61. The molecule has 0 atom stereocenters. The molecule has 11 heteroatoms. The summed E-state index contributed by atoms with van der Waals surface area (Å²) in [4.78, 5) is 24.3. The number of rotatable bonds is 9. The Labute approximate surface area is 194 Å². The van der Waals surface area contributed by atoms with E-state index in [0.29, 0.717) is 5.69 Å². The van der Waals surface area contributed by atoms with E-state index in [1.807, 2.05) is 0 Å². The number of hydrogen-bond donors (Lipinski definition) is 1. The van der Waals surface area contributed by atoms with Gasteiger partial charge < -0.3 is 14.8 Å². The molecule has 0 radical (unpaired) electrons. The molecule has 0 spiro atoms. The number of sulfonamides is 1. The third kappa shape index (κ3) is 6.07. The first-order valence-corrected chi connectivity index (χ1v) is 11.3. The van der Waals surface area contributed by atoms with Crippen molar-refractivity contribution in [2.45, 2.75) is 11.5 Å². The standard InChI is InChI=1S/C23H20F2N2O6S/c1-27(17-7-3-2-4-8-17)34(30,31)18-13-11-16(12-14-18)22(29)32-15-21(28)26-19-9-5-6-10-20(19)33-23(24)25/h2-14,23H,15H2,1H3,(H,26,28). The summed E-state index contributed by atoms with van der Waals surface area (Å²) in [5.41, 5.74) is 0.481. The maximum atomic E-state index is 12.8. The van der Waals surface area contributed by atoms with Crippen molar-refractivity contribution in [2.24, 2.45) is 0 Å². The fraction of sp³-hybridized carbons (Fsp3) is 0.130. The molecule has 1 N–H and O–H groups in total. The van der Waals surface area contributed by atoms with Crippen LogP contribution < -0.4 is 14.4 Å². The van der Waals surface area contributed by atoms with E-state index >= 15 is 0 Å². The monoisotopic (exact) mass is 490 g/mol. The molecular formula is C23H20F2N2O6S. The summed E-state index contributed by atoms with van der Waals surface area (Å²) in [6.07, 6.45) is 0. The van der Waals surface area contributed by atoms with Crippen molar-refractivity contribution in [1.82, 2.24) is 0 Å². The van der Waals surface area contributed by atoms with Crippen molar-refractivity contribution in [3.05, 3.63) is 84.4 Å². The second-order valence-electron chi connectivity index (χ2n) is 6.83. The number of hydrogen-bond acceptors (Lipinski definition) is 6. The molecule has 3 rings (SSSR count). The van der Waals surface area contributed by atoms with E-state index in [-0.39, 0.29) is 21.9 Å².